The molecular formula is C17H17ClF6N4O2. The Balaban J connectivity index is 2.34. The molecule has 13 heteroatoms. The molecule has 0 bridgehead atoms. The molecule has 1 aromatic heterocycles. The molecule has 0 saturated heterocycles. The molecule has 30 heavy (non-hydrogen) atoms. The minimum absolute atomic E-state index is 0.0647. The lowest BCUT2D eigenvalue weighted by molar-refractivity contribution is -0.274. The number of aromatic nitrogens is 2. The fourth-order valence-corrected chi connectivity index (χ4v) is 2.46. The van der Waals surface area contributed by atoms with Crippen molar-refractivity contribution < 1.29 is 36.2 Å². The molecule has 0 unspecified atom stereocenters. The molecule has 0 amide bonds. The summed E-state index contributed by atoms with van der Waals surface area (Å²) in [5, 5.41) is 14.1. The zero-order valence-electron chi connectivity index (χ0n) is 15.6. The van der Waals surface area contributed by atoms with Gasteiger partial charge in [-0.05, 0) is 24.1 Å². The fraction of sp³-hybridized carbons (Fsp3) is 0.412. The number of anilines is 3. The first-order valence-electron chi connectivity index (χ1n) is 8.44. The third kappa shape index (κ3) is 6.80. The molecule has 0 fully saturated rings. The van der Waals surface area contributed by atoms with Crippen LogP contribution in [0.4, 0.5) is 43.8 Å². The quantitative estimate of drug-likeness (QED) is 0.494. The maximum Gasteiger partial charge on any atom is 0.573 e. The molecule has 0 spiro atoms. The van der Waals surface area contributed by atoms with Crippen LogP contribution in [-0.2, 0) is 6.18 Å². The van der Waals surface area contributed by atoms with Crippen molar-refractivity contribution in [3.8, 4) is 5.75 Å². The summed E-state index contributed by atoms with van der Waals surface area (Å²) >= 11 is 5.74. The number of benzene rings is 1. The zero-order valence-corrected chi connectivity index (χ0v) is 16.3. The second-order valence-electron chi connectivity index (χ2n) is 6.46. The maximum atomic E-state index is 13.2. The van der Waals surface area contributed by atoms with E-state index in [0.29, 0.717) is 6.07 Å². The monoisotopic (exact) mass is 458 g/mol. The Morgan fingerprint density at radius 3 is 2.27 bits per heavy atom. The number of aliphatic hydroxyl groups excluding tert-OH is 1. The van der Waals surface area contributed by atoms with Gasteiger partial charge in [-0.15, -0.1) is 13.2 Å². The van der Waals surface area contributed by atoms with E-state index in [-0.39, 0.29) is 30.0 Å². The van der Waals surface area contributed by atoms with Crippen molar-refractivity contribution in [1.29, 1.82) is 0 Å². The molecule has 2 rings (SSSR count). The van der Waals surface area contributed by atoms with E-state index >= 15 is 0 Å². The summed E-state index contributed by atoms with van der Waals surface area (Å²) in [6, 6.07) is 3.09. The van der Waals surface area contributed by atoms with E-state index < -0.39 is 35.0 Å². The van der Waals surface area contributed by atoms with Crippen molar-refractivity contribution in [2.45, 2.75) is 32.4 Å². The molecule has 0 aliphatic rings. The highest BCUT2D eigenvalue weighted by Crippen LogP contribution is 2.34. The van der Waals surface area contributed by atoms with Crippen molar-refractivity contribution in [1.82, 2.24) is 9.97 Å². The van der Waals surface area contributed by atoms with E-state index in [0.717, 1.165) is 18.2 Å². The van der Waals surface area contributed by atoms with Gasteiger partial charge >= 0.3 is 12.5 Å². The van der Waals surface area contributed by atoms with E-state index in [2.05, 4.69) is 25.3 Å². The van der Waals surface area contributed by atoms with Crippen molar-refractivity contribution >= 4 is 29.1 Å². The Kier molecular flexibility index (Phi) is 7.24. The molecule has 3 N–H and O–H groups in total. The SMILES string of the molecule is CC(C)[C@H](CO)Nc1nc(Nc2ccc(OC(F)(F)F)c(Cl)c2)cc(C(F)(F)F)n1. The summed E-state index contributed by atoms with van der Waals surface area (Å²) in [6.45, 7) is 3.12. The lowest BCUT2D eigenvalue weighted by atomic mass is 10.1. The molecule has 1 atom stereocenters. The smallest absolute Gasteiger partial charge is 0.404 e. The van der Waals surface area contributed by atoms with Crippen LogP contribution >= 0.6 is 11.6 Å². The second kappa shape index (κ2) is 9.13. The topological polar surface area (TPSA) is 79.3 Å². The highest BCUT2D eigenvalue weighted by Gasteiger charge is 2.34. The largest absolute Gasteiger partial charge is 0.573 e. The van der Waals surface area contributed by atoms with Crippen LogP contribution in [0, 0.1) is 5.92 Å². The lowest BCUT2D eigenvalue weighted by Gasteiger charge is -2.21. The van der Waals surface area contributed by atoms with Crippen LogP contribution in [-0.4, -0.2) is 34.1 Å². The van der Waals surface area contributed by atoms with Gasteiger partial charge in [0.05, 0.1) is 17.7 Å². The van der Waals surface area contributed by atoms with Crippen LogP contribution in [0.5, 0.6) is 5.75 Å². The van der Waals surface area contributed by atoms with Gasteiger partial charge in [0.2, 0.25) is 5.95 Å². The Hall–Kier alpha value is -2.47. The predicted octanol–water partition coefficient (Wildman–Crippen LogP) is 5.22. The minimum Gasteiger partial charge on any atom is -0.404 e. The number of aliphatic hydroxyl groups is 1. The van der Waals surface area contributed by atoms with Gasteiger partial charge in [0, 0.05) is 11.8 Å². The molecule has 6 nitrogen and oxygen atoms in total. The Morgan fingerprint density at radius 2 is 1.77 bits per heavy atom. The van der Waals surface area contributed by atoms with Crippen LogP contribution < -0.4 is 15.4 Å². The van der Waals surface area contributed by atoms with Crippen LogP contribution in [0.3, 0.4) is 0 Å². The Bertz CT molecular complexity index is 876. The fourth-order valence-electron chi connectivity index (χ4n) is 2.24. The summed E-state index contributed by atoms with van der Waals surface area (Å²) in [4.78, 5) is 7.34. The number of alkyl halides is 6. The number of nitrogens with zero attached hydrogens (tertiary/aromatic N) is 2. The lowest BCUT2D eigenvalue weighted by Crippen LogP contribution is -2.30. The predicted molar refractivity (Wildman–Crippen MR) is 97.8 cm³/mol. The number of hydrogen-bond acceptors (Lipinski definition) is 6. The average molecular weight is 459 g/mol. The highest BCUT2D eigenvalue weighted by molar-refractivity contribution is 6.32. The molecule has 1 heterocycles. The Morgan fingerprint density at radius 1 is 1.10 bits per heavy atom. The molecule has 1 aromatic carbocycles. The number of hydrogen-bond donors (Lipinski definition) is 3. The van der Waals surface area contributed by atoms with Gasteiger partial charge in [-0.2, -0.15) is 18.2 Å². The van der Waals surface area contributed by atoms with Crippen LogP contribution in [0.2, 0.25) is 5.02 Å². The standard InChI is InChI=1S/C17H17ClF6N4O2/c1-8(2)11(7-29)26-15-27-13(16(19,20)21)6-14(28-15)25-9-3-4-12(10(18)5-9)30-17(22,23)24/h3-6,8,11,29H,7H2,1-2H3,(H2,25,26,27,28)/t11-/m0/s1. The van der Waals surface area contributed by atoms with Gasteiger partial charge in [-0.3, -0.25) is 0 Å². The van der Waals surface area contributed by atoms with Crippen LogP contribution in [0.25, 0.3) is 0 Å². The first-order chi connectivity index (χ1) is 13.8. The van der Waals surface area contributed by atoms with E-state index in [1.807, 2.05) is 0 Å². The van der Waals surface area contributed by atoms with E-state index in [1.165, 1.54) is 0 Å². The van der Waals surface area contributed by atoms with Gasteiger partial charge in [-0.1, -0.05) is 25.4 Å². The molecule has 0 radical (unpaired) electrons. The van der Waals surface area contributed by atoms with E-state index in [1.54, 1.807) is 13.8 Å². The molecular weight excluding hydrogens is 442 g/mol. The first-order valence-corrected chi connectivity index (χ1v) is 8.82. The Labute approximate surface area is 172 Å². The zero-order chi connectivity index (χ0) is 22.7. The maximum absolute atomic E-state index is 13.2. The molecule has 2 aromatic rings. The van der Waals surface area contributed by atoms with Crippen molar-refractivity contribution in [3.63, 3.8) is 0 Å². The number of ether oxygens (including phenoxy) is 1. The summed E-state index contributed by atoms with van der Waals surface area (Å²) < 4.78 is 80.3. The van der Waals surface area contributed by atoms with Crippen molar-refractivity contribution in [2.75, 3.05) is 17.2 Å². The highest BCUT2D eigenvalue weighted by atomic mass is 35.5. The molecule has 166 valence electrons. The normalized spacial score (nSPS) is 13.3. The van der Waals surface area contributed by atoms with Crippen LogP contribution in [0.1, 0.15) is 19.5 Å². The third-order valence-corrected chi connectivity index (χ3v) is 4.06. The van der Waals surface area contributed by atoms with Crippen molar-refractivity contribution in [2.24, 2.45) is 5.92 Å². The summed E-state index contributed by atoms with van der Waals surface area (Å²) in [5.74, 6) is -1.48. The first kappa shape index (κ1) is 23.8. The summed E-state index contributed by atoms with van der Waals surface area (Å²) in [6.07, 6.45) is -9.74. The number of rotatable bonds is 7. The van der Waals surface area contributed by atoms with Crippen LogP contribution in [0.15, 0.2) is 24.3 Å². The van der Waals surface area contributed by atoms with Gasteiger partial charge < -0.3 is 20.5 Å². The van der Waals surface area contributed by atoms with Gasteiger partial charge in [0.15, 0.2) is 5.69 Å². The number of halogens is 7. The van der Waals surface area contributed by atoms with E-state index in [4.69, 9.17) is 11.6 Å². The molecule has 0 aliphatic carbocycles. The number of nitrogens with one attached hydrogen (secondary N) is 2. The minimum atomic E-state index is -4.95. The van der Waals surface area contributed by atoms with Gasteiger partial charge in [-0.25, -0.2) is 4.98 Å². The van der Waals surface area contributed by atoms with Gasteiger partial charge in [0.25, 0.3) is 0 Å². The summed E-state index contributed by atoms with van der Waals surface area (Å²) in [7, 11) is 0. The summed E-state index contributed by atoms with van der Waals surface area (Å²) in [5.41, 5.74) is -1.19. The van der Waals surface area contributed by atoms with Gasteiger partial charge in [0.1, 0.15) is 11.6 Å². The molecule has 0 saturated carbocycles. The third-order valence-electron chi connectivity index (χ3n) is 3.76. The van der Waals surface area contributed by atoms with E-state index in [9.17, 15) is 31.4 Å². The average Bonchev–Trinajstić information content (AvgIpc) is 2.60. The molecule has 0 aliphatic heterocycles. The van der Waals surface area contributed by atoms with Crippen molar-refractivity contribution in [3.05, 3.63) is 35.0 Å². The second-order valence-corrected chi connectivity index (χ2v) is 6.86.